The highest BCUT2D eigenvalue weighted by molar-refractivity contribution is 5.93. The highest BCUT2D eigenvalue weighted by atomic mass is 19.4. The number of hydrogen-bond donors (Lipinski definition) is 1. The van der Waals surface area contributed by atoms with Gasteiger partial charge in [-0.15, -0.1) is 0 Å². The lowest BCUT2D eigenvalue weighted by Crippen LogP contribution is -2.16. The first-order valence-electron chi connectivity index (χ1n) is 3.66. The van der Waals surface area contributed by atoms with Crippen LogP contribution in [0.25, 0.3) is 0 Å². The van der Waals surface area contributed by atoms with Crippen molar-refractivity contribution < 1.29 is 18.0 Å². The fourth-order valence-electron chi connectivity index (χ4n) is 0.938. The van der Waals surface area contributed by atoms with Crippen molar-refractivity contribution >= 4 is 5.91 Å². The summed E-state index contributed by atoms with van der Waals surface area (Å²) in [6.45, 7) is 1.42. The number of primary amides is 1. The molecule has 0 aliphatic carbocycles. The summed E-state index contributed by atoms with van der Waals surface area (Å²) in [5, 5.41) is 0. The highest BCUT2D eigenvalue weighted by Gasteiger charge is 2.31. The van der Waals surface area contributed by atoms with Crippen molar-refractivity contribution in [1.82, 2.24) is 4.98 Å². The van der Waals surface area contributed by atoms with E-state index in [2.05, 4.69) is 4.98 Å². The third-order valence-electron chi connectivity index (χ3n) is 1.68. The van der Waals surface area contributed by atoms with Crippen molar-refractivity contribution in [1.29, 1.82) is 0 Å². The zero-order valence-electron chi connectivity index (χ0n) is 7.22. The molecule has 0 aliphatic heterocycles. The molecular weight excluding hydrogens is 197 g/mol. The zero-order chi connectivity index (χ0) is 10.9. The van der Waals surface area contributed by atoms with E-state index in [1.165, 1.54) is 6.92 Å². The molecule has 1 aromatic heterocycles. The molecule has 3 nitrogen and oxygen atoms in total. The fraction of sp³-hybridized carbons (Fsp3) is 0.250. The second-order valence-electron chi connectivity index (χ2n) is 2.72. The van der Waals surface area contributed by atoms with Gasteiger partial charge in [0, 0.05) is 11.9 Å². The van der Waals surface area contributed by atoms with Crippen LogP contribution in [0.5, 0.6) is 0 Å². The Morgan fingerprint density at radius 3 is 2.50 bits per heavy atom. The van der Waals surface area contributed by atoms with Gasteiger partial charge < -0.3 is 5.73 Å². The Morgan fingerprint density at radius 2 is 2.07 bits per heavy atom. The maximum atomic E-state index is 12.2. The quantitative estimate of drug-likeness (QED) is 0.753. The van der Waals surface area contributed by atoms with Crippen LogP contribution in [0.1, 0.15) is 21.6 Å². The van der Waals surface area contributed by atoms with E-state index in [4.69, 9.17) is 5.73 Å². The van der Waals surface area contributed by atoms with Crippen molar-refractivity contribution in [2.24, 2.45) is 5.73 Å². The minimum Gasteiger partial charge on any atom is -0.366 e. The number of amides is 1. The molecule has 1 rings (SSSR count). The molecule has 1 aromatic rings. The van der Waals surface area contributed by atoms with Crippen LogP contribution >= 0.6 is 0 Å². The Labute approximate surface area is 77.7 Å². The zero-order valence-corrected chi connectivity index (χ0v) is 7.22. The number of pyridine rings is 1. The van der Waals surface area contributed by atoms with Gasteiger partial charge in [0.1, 0.15) is 0 Å². The molecule has 0 radical (unpaired) electrons. The molecule has 0 unspecified atom stereocenters. The van der Waals surface area contributed by atoms with Crippen LogP contribution < -0.4 is 5.73 Å². The summed E-state index contributed by atoms with van der Waals surface area (Å²) >= 11 is 0. The number of aryl methyl sites for hydroxylation is 1. The molecule has 0 bridgehead atoms. The van der Waals surface area contributed by atoms with Gasteiger partial charge in [-0.2, -0.15) is 13.2 Å². The van der Waals surface area contributed by atoms with E-state index in [0.29, 0.717) is 12.3 Å². The molecule has 76 valence electrons. The summed E-state index contributed by atoms with van der Waals surface area (Å²) in [5.74, 6) is -0.916. The molecule has 0 aromatic carbocycles. The number of carbonyl (C=O) groups excluding carboxylic acids is 1. The van der Waals surface area contributed by atoms with Gasteiger partial charge in [-0.05, 0) is 13.0 Å². The van der Waals surface area contributed by atoms with Gasteiger partial charge >= 0.3 is 6.18 Å². The van der Waals surface area contributed by atoms with E-state index in [1.807, 2.05) is 0 Å². The second kappa shape index (κ2) is 3.28. The van der Waals surface area contributed by atoms with Crippen molar-refractivity contribution in [2.75, 3.05) is 0 Å². The predicted molar refractivity (Wildman–Crippen MR) is 42.5 cm³/mol. The lowest BCUT2D eigenvalue weighted by molar-refractivity contribution is -0.137. The Balaban J connectivity index is 3.27. The molecule has 14 heavy (non-hydrogen) atoms. The minimum atomic E-state index is -4.51. The second-order valence-corrected chi connectivity index (χ2v) is 2.72. The Morgan fingerprint density at radius 1 is 1.50 bits per heavy atom. The number of hydrogen-bond acceptors (Lipinski definition) is 2. The lowest BCUT2D eigenvalue weighted by Gasteiger charge is -2.08. The number of alkyl halides is 3. The number of rotatable bonds is 1. The van der Waals surface area contributed by atoms with Crippen LogP contribution in [0.2, 0.25) is 0 Å². The Kier molecular flexibility index (Phi) is 2.46. The van der Waals surface area contributed by atoms with E-state index in [9.17, 15) is 18.0 Å². The molecular formula is C8H7F3N2O. The average molecular weight is 204 g/mol. The van der Waals surface area contributed by atoms with Gasteiger partial charge in [0.15, 0.2) is 0 Å². The molecule has 0 fully saturated rings. The number of nitrogens with two attached hydrogens (primary N) is 1. The Hall–Kier alpha value is -1.59. The number of carbonyl (C=O) groups is 1. The molecule has 0 aliphatic rings. The van der Waals surface area contributed by atoms with Crippen LogP contribution in [0.4, 0.5) is 13.2 Å². The smallest absolute Gasteiger partial charge is 0.366 e. The third kappa shape index (κ3) is 2.01. The molecule has 6 heteroatoms. The summed E-state index contributed by atoms with van der Waals surface area (Å²) in [4.78, 5) is 14.2. The highest BCUT2D eigenvalue weighted by Crippen LogP contribution is 2.29. The molecule has 0 saturated carbocycles. The summed E-state index contributed by atoms with van der Waals surface area (Å²) in [6, 6.07) is 0.699. The van der Waals surface area contributed by atoms with Crippen LogP contribution in [-0.4, -0.2) is 10.9 Å². The number of aromatic nitrogens is 1. The van der Waals surface area contributed by atoms with Crippen molar-refractivity contribution in [3.63, 3.8) is 0 Å². The first kappa shape index (κ1) is 10.5. The van der Waals surface area contributed by atoms with Crippen molar-refractivity contribution in [2.45, 2.75) is 13.1 Å². The van der Waals surface area contributed by atoms with Crippen molar-refractivity contribution in [3.8, 4) is 0 Å². The van der Waals surface area contributed by atoms with E-state index in [-0.39, 0.29) is 11.3 Å². The van der Waals surface area contributed by atoms with Crippen LogP contribution in [0.15, 0.2) is 12.3 Å². The van der Waals surface area contributed by atoms with Gasteiger partial charge in [-0.25, -0.2) is 0 Å². The lowest BCUT2D eigenvalue weighted by atomic mass is 10.1. The van der Waals surface area contributed by atoms with E-state index < -0.39 is 17.6 Å². The maximum Gasteiger partial charge on any atom is 0.417 e. The summed E-state index contributed by atoms with van der Waals surface area (Å²) < 4.78 is 36.5. The molecule has 1 heterocycles. The first-order valence-corrected chi connectivity index (χ1v) is 3.66. The maximum absolute atomic E-state index is 12.2. The molecule has 0 atom stereocenters. The van der Waals surface area contributed by atoms with Crippen molar-refractivity contribution in [3.05, 3.63) is 29.1 Å². The molecule has 0 spiro atoms. The Bertz CT molecular complexity index is 373. The van der Waals surface area contributed by atoms with Crippen LogP contribution in [-0.2, 0) is 6.18 Å². The summed E-state index contributed by atoms with van der Waals surface area (Å²) in [7, 11) is 0. The van der Waals surface area contributed by atoms with E-state index in [0.717, 1.165) is 0 Å². The molecule has 2 N–H and O–H groups in total. The van der Waals surface area contributed by atoms with Gasteiger partial charge in [0.25, 0.3) is 5.91 Å². The first-order chi connectivity index (χ1) is 6.32. The van der Waals surface area contributed by atoms with Crippen LogP contribution in [0.3, 0.4) is 0 Å². The van der Waals surface area contributed by atoms with E-state index >= 15 is 0 Å². The number of halogens is 3. The standard InChI is InChI=1S/C8H7F3N2O/c1-4-6(7(12)14)2-5(3-13-4)8(9,10)11/h2-3H,1H3,(H2,12,14). The van der Waals surface area contributed by atoms with Gasteiger partial charge in [-0.1, -0.05) is 0 Å². The minimum absolute atomic E-state index is 0.186. The molecule has 0 saturated heterocycles. The van der Waals surface area contributed by atoms with Gasteiger partial charge in [0.2, 0.25) is 0 Å². The summed E-state index contributed by atoms with van der Waals surface area (Å²) in [5.41, 5.74) is 3.88. The largest absolute Gasteiger partial charge is 0.417 e. The topological polar surface area (TPSA) is 56.0 Å². The molecule has 1 amide bonds. The fourth-order valence-corrected chi connectivity index (χ4v) is 0.938. The van der Waals surface area contributed by atoms with Gasteiger partial charge in [-0.3, -0.25) is 9.78 Å². The number of nitrogens with zero attached hydrogens (tertiary/aromatic N) is 1. The normalized spacial score (nSPS) is 11.4. The van der Waals surface area contributed by atoms with Gasteiger partial charge in [0.05, 0.1) is 11.1 Å². The van der Waals surface area contributed by atoms with E-state index in [1.54, 1.807) is 0 Å². The van der Waals surface area contributed by atoms with Crippen LogP contribution in [0, 0.1) is 6.92 Å². The third-order valence-corrected chi connectivity index (χ3v) is 1.68. The monoisotopic (exact) mass is 204 g/mol. The average Bonchev–Trinajstić information content (AvgIpc) is 2.02. The SMILES string of the molecule is Cc1ncc(C(F)(F)F)cc1C(N)=O. The summed E-state index contributed by atoms with van der Waals surface area (Å²) in [6.07, 6.45) is -3.84. The predicted octanol–water partition coefficient (Wildman–Crippen LogP) is 1.51.